The summed E-state index contributed by atoms with van der Waals surface area (Å²) >= 11 is 0. The van der Waals surface area contributed by atoms with Crippen LogP contribution >= 0.6 is 24.0 Å². The minimum Gasteiger partial charge on any atom is -0.477 e. The van der Waals surface area contributed by atoms with E-state index in [4.69, 9.17) is 4.74 Å². The highest BCUT2D eigenvalue weighted by Crippen LogP contribution is 2.29. The molecule has 0 aliphatic heterocycles. The molecule has 0 unspecified atom stereocenters. The monoisotopic (exact) mass is 558 g/mol. The molecule has 170 valence electrons. The molecule has 0 atom stereocenters. The zero-order chi connectivity index (χ0) is 21.6. The standard InChI is InChI=1S/C22H30N4O3S.HI/c1-4-23-22(25-13-18-7-8-20(16(2)11-18)30(3,27)28)26-14-19-9-10-24-21(12-19)29-15-17-5-6-17;/h7-12,17H,4-6,13-15H2,1-3H3,(H2,23,25,26);1H. The molecule has 1 fully saturated rings. The number of aliphatic imine (C=N–C) groups is 1. The molecule has 2 N–H and O–H groups in total. The molecule has 1 aliphatic rings. The smallest absolute Gasteiger partial charge is 0.213 e. The number of guanidine groups is 1. The van der Waals surface area contributed by atoms with Crippen LogP contribution in [0.4, 0.5) is 0 Å². The van der Waals surface area contributed by atoms with Gasteiger partial charge in [0.1, 0.15) is 0 Å². The molecule has 7 nitrogen and oxygen atoms in total. The summed E-state index contributed by atoms with van der Waals surface area (Å²) in [5, 5.41) is 6.55. The van der Waals surface area contributed by atoms with Crippen LogP contribution in [0.15, 0.2) is 46.4 Å². The van der Waals surface area contributed by atoms with Gasteiger partial charge in [-0.2, -0.15) is 0 Å². The number of pyridine rings is 1. The highest BCUT2D eigenvalue weighted by atomic mass is 127. The fraction of sp³-hybridized carbons (Fsp3) is 0.455. The summed E-state index contributed by atoms with van der Waals surface area (Å²) in [6, 6.07) is 9.23. The van der Waals surface area contributed by atoms with Crippen molar-refractivity contribution in [2.45, 2.75) is 44.7 Å². The van der Waals surface area contributed by atoms with Gasteiger partial charge >= 0.3 is 0 Å². The Hall–Kier alpha value is -1.88. The maximum atomic E-state index is 11.8. The van der Waals surface area contributed by atoms with Crippen molar-refractivity contribution < 1.29 is 13.2 Å². The third-order valence-electron chi connectivity index (χ3n) is 4.83. The van der Waals surface area contributed by atoms with E-state index >= 15 is 0 Å². The van der Waals surface area contributed by atoms with Gasteiger partial charge in [-0.1, -0.05) is 12.1 Å². The van der Waals surface area contributed by atoms with Gasteiger partial charge in [0.2, 0.25) is 5.88 Å². The van der Waals surface area contributed by atoms with Crippen molar-refractivity contribution in [1.29, 1.82) is 0 Å². The Bertz CT molecular complexity index is 1010. The summed E-state index contributed by atoms with van der Waals surface area (Å²) in [5.41, 5.74) is 2.75. The van der Waals surface area contributed by atoms with Gasteiger partial charge < -0.3 is 15.4 Å². The number of hydrogen-bond donors (Lipinski definition) is 2. The molecule has 9 heteroatoms. The molecule has 1 aliphatic carbocycles. The molecule has 1 saturated carbocycles. The van der Waals surface area contributed by atoms with Crippen molar-refractivity contribution in [2.24, 2.45) is 10.9 Å². The molecule has 0 spiro atoms. The first-order valence-electron chi connectivity index (χ1n) is 10.2. The van der Waals surface area contributed by atoms with Gasteiger partial charge in [0, 0.05) is 31.6 Å². The Kier molecular flexibility index (Phi) is 9.54. The Labute approximate surface area is 202 Å². The SMILES string of the molecule is CCNC(=NCc1ccc(S(C)(=O)=O)c(C)c1)NCc1ccnc(OCC2CC2)c1.I. The van der Waals surface area contributed by atoms with E-state index in [0.717, 1.165) is 29.8 Å². The Balaban J connectivity index is 0.00000341. The summed E-state index contributed by atoms with van der Waals surface area (Å²) in [4.78, 5) is 9.25. The number of aryl methyl sites for hydroxylation is 1. The zero-order valence-electron chi connectivity index (χ0n) is 18.2. The van der Waals surface area contributed by atoms with Crippen LogP contribution in [-0.2, 0) is 22.9 Å². The molecular weight excluding hydrogens is 527 g/mol. The molecule has 3 rings (SSSR count). The van der Waals surface area contributed by atoms with Crippen molar-refractivity contribution in [3.05, 3.63) is 53.2 Å². The largest absolute Gasteiger partial charge is 0.477 e. The number of aromatic nitrogens is 1. The average molecular weight is 558 g/mol. The van der Waals surface area contributed by atoms with Crippen LogP contribution in [0.1, 0.15) is 36.5 Å². The second kappa shape index (κ2) is 11.7. The summed E-state index contributed by atoms with van der Waals surface area (Å²) in [7, 11) is -3.21. The minimum absolute atomic E-state index is 0. The first-order chi connectivity index (χ1) is 14.3. The highest BCUT2D eigenvalue weighted by molar-refractivity contribution is 14.0. The first kappa shape index (κ1) is 25.4. The molecule has 1 aromatic carbocycles. The quantitative estimate of drug-likeness (QED) is 0.278. The van der Waals surface area contributed by atoms with E-state index in [1.54, 1.807) is 19.2 Å². The van der Waals surface area contributed by atoms with Crippen molar-refractivity contribution in [2.75, 3.05) is 19.4 Å². The second-order valence-electron chi connectivity index (χ2n) is 7.68. The van der Waals surface area contributed by atoms with Gasteiger partial charge in [0.05, 0.1) is 18.0 Å². The van der Waals surface area contributed by atoms with Crippen LogP contribution in [0, 0.1) is 12.8 Å². The molecule has 0 bridgehead atoms. The average Bonchev–Trinajstić information content (AvgIpc) is 3.52. The van der Waals surface area contributed by atoms with E-state index in [1.165, 1.54) is 19.1 Å². The van der Waals surface area contributed by atoms with Gasteiger partial charge in [0.25, 0.3) is 0 Å². The van der Waals surface area contributed by atoms with E-state index in [9.17, 15) is 8.42 Å². The van der Waals surface area contributed by atoms with Crippen LogP contribution in [0.25, 0.3) is 0 Å². The van der Waals surface area contributed by atoms with Gasteiger partial charge in [-0.15, -0.1) is 24.0 Å². The lowest BCUT2D eigenvalue weighted by Gasteiger charge is -2.12. The number of halogens is 1. The van der Waals surface area contributed by atoms with Crippen LogP contribution in [0.5, 0.6) is 5.88 Å². The van der Waals surface area contributed by atoms with E-state index in [2.05, 4.69) is 20.6 Å². The lowest BCUT2D eigenvalue weighted by Crippen LogP contribution is -2.36. The van der Waals surface area contributed by atoms with E-state index in [0.29, 0.717) is 35.7 Å². The Morgan fingerprint density at radius 1 is 1.19 bits per heavy atom. The Morgan fingerprint density at radius 2 is 1.97 bits per heavy atom. The van der Waals surface area contributed by atoms with E-state index in [-0.39, 0.29) is 24.0 Å². The lowest BCUT2D eigenvalue weighted by molar-refractivity contribution is 0.288. The lowest BCUT2D eigenvalue weighted by atomic mass is 10.1. The van der Waals surface area contributed by atoms with E-state index in [1.807, 2.05) is 31.2 Å². The third-order valence-corrected chi connectivity index (χ3v) is 6.08. The highest BCUT2D eigenvalue weighted by Gasteiger charge is 2.22. The number of rotatable bonds is 9. The Morgan fingerprint density at radius 3 is 2.61 bits per heavy atom. The normalized spacial score (nSPS) is 14.0. The first-order valence-corrected chi connectivity index (χ1v) is 12.1. The molecule has 0 amide bonds. The van der Waals surface area contributed by atoms with Crippen LogP contribution in [-0.4, -0.2) is 38.8 Å². The molecule has 0 radical (unpaired) electrons. The molecule has 31 heavy (non-hydrogen) atoms. The fourth-order valence-corrected chi connectivity index (χ4v) is 4.01. The molecule has 2 aromatic rings. The number of ether oxygens (including phenoxy) is 1. The summed E-state index contributed by atoms with van der Waals surface area (Å²) < 4.78 is 29.3. The number of nitrogens with zero attached hydrogens (tertiary/aromatic N) is 2. The van der Waals surface area contributed by atoms with Crippen LogP contribution < -0.4 is 15.4 Å². The minimum atomic E-state index is -3.21. The van der Waals surface area contributed by atoms with Crippen molar-refractivity contribution in [3.63, 3.8) is 0 Å². The molecule has 1 aromatic heterocycles. The van der Waals surface area contributed by atoms with Crippen LogP contribution in [0.3, 0.4) is 0 Å². The molecular formula is C22H31IN4O3S. The number of hydrogen-bond acceptors (Lipinski definition) is 5. The zero-order valence-corrected chi connectivity index (χ0v) is 21.4. The van der Waals surface area contributed by atoms with Gasteiger partial charge in [0.15, 0.2) is 15.8 Å². The summed E-state index contributed by atoms with van der Waals surface area (Å²) in [5.74, 6) is 2.04. The summed E-state index contributed by atoms with van der Waals surface area (Å²) in [6.07, 6.45) is 5.48. The predicted octanol–water partition coefficient (Wildman–Crippen LogP) is 3.46. The summed E-state index contributed by atoms with van der Waals surface area (Å²) in [6.45, 7) is 6.35. The van der Waals surface area contributed by atoms with Gasteiger partial charge in [-0.05, 0) is 61.4 Å². The van der Waals surface area contributed by atoms with Gasteiger partial charge in [-0.25, -0.2) is 18.4 Å². The van der Waals surface area contributed by atoms with Crippen molar-refractivity contribution in [1.82, 2.24) is 15.6 Å². The van der Waals surface area contributed by atoms with Crippen molar-refractivity contribution >= 4 is 39.8 Å². The van der Waals surface area contributed by atoms with Crippen LogP contribution in [0.2, 0.25) is 0 Å². The van der Waals surface area contributed by atoms with Crippen molar-refractivity contribution in [3.8, 4) is 5.88 Å². The second-order valence-corrected chi connectivity index (χ2v) is 9.66. The maximum absolute atomic E-state index is 11.8. The van der Waals surface area contributed by atoms with E-state index < -0.39 is 9.84 Å². The van der Waals surface area contributed by atoms with Gasteiger partial charge in [-0.3, -0.25) is 0 Å². The third kappa shape index (κ3) is 8.29. The topological polar surface area (TPSA) is 92.7 Å². The maximum Gasteiger partial charge on any atom is 0.213 e. The predicted molar refractivity (Wildman–Crippen MR) is 134 cm³/mol. The fourth-order valence-electron chi connectivity index (χ4n) is 3.05. The number of nitrogens with one attached hydrogen (secondary N) is 2. The number of benzene rings is 1. The number of sulfone groups is 1. The molecule has 0 saturated heterocycles. The molecule has 1 heterocycles.